The molecule has 106 valence electrons. The second-order valence-corrected chi connectivity index (χ2v) is 5.25. The molecule has 0 saturated heterocycles. The van der Waals surface area contributed by atoms with Crippen LogP contribution >= 0.6 is 15.9 Å². The Hall–Kier alpha value is -1.76. The fraction of sp³-hybridized carbons (Fsp3) is 0.308. The molecule has 0 bridgehead atoms. The van der Waals surface area contributed by atoms with E-state index in [1.54, 1.807) is 12.1 Å². The van der Waals surface area contributed by atoms with Gasteiger partial charge >= 0.3 is 0 Å². The summed E-state index contributed by atoms with van der Waals surface area (Å²) >= 11 is 3.07. The van der Waals surface area contributed by atoms with E-state index in [0.29, 0.717) is 22.2 Å². The number of halogens is 2. The van der Waals surface area contributed by atoms with E-state index >= 15 is 0 Å². The van der Waals surface area contributed by atoms with Crippen molar-refractivity contribution >= 4 is 33.5 Å². The lowest BCUT2D eigenvalue weighted by Crippen LogP contribution is -2.37. The van der Waals surface area contributed by atoms with E-state index in [2.05, 4.69) is 26.3 Å². The molecule has 0 saturated carbocycles. The van der Waals surface area contributed by atoms with Gasteiger partial charge in [0, 0.05) is 26.4 Å². The van der Waals surface area contributed by atoms with Crippen molar-refractivity contribution in [3.05, 3.63) is 34.1 Å². The fourth-order valence-electron chi connectivity index (χ4n) is 1.77. The van der Waals surface area contributed by atoms with E-state index in [-0.39, 0.29) is 30.6 Å². The van der Waals surface area contributed by atoms with Gasteiger partial charge < -0.3 is 5.32 Å². The van der Waals surface area contributed by atoms with Crippen LogP contribution in [0.3, 0.4) is 0 Å². The van der Waals surface area contributed by atoms with Gasteiger partial charge in [-0.25, -0.2) is 9.40 Å². The first-order valence-corrected chi connectivity index (χ1v) is 6.83. The highest BCUT2D eigenvalue weighted by molar-refractivity contribution is 9.10. The molecule has 0 spiro atoms. The second-order valence-electron chi connectivity index (χ2n) is 4.40. The van der Waals surface area contributed by atoms with E-state index in [1.165, 1.54) is 13.1 Å². The SMILES string of the molecule is CN1N=C(C(=O)NCc2ccc(Br)c(F)c2)CCC1=O. The highest BCUT2D eigenvalue weighted by Gasteiger charge is 2.21. The first kappa shape index (κ1) is 14.6. The quantitative estimate of drug-likeness (QED) is 0.911. The summed E-state index contributed by atoms with van der Waals surface area (Å²) in [5.41, 5.74) is 0.963. The van der Waals surface area contributed by atoms with Gasteiger partial charge in [0.1, 0.15) is 11.5 Å². The Labute approximate surface area is 124 Å². The number of carbonyl (C=O) groups excluding carboxylic acids is 2. The number of hydrazone groups is 1. The molecule has 1 aromatic rings. The first-order chi connectivity index (χ1) is 9.47. The van der Waals surface area contributed by atoms with Crippen molar-refractivity contribution in [3.63, 3.8) is 0 Å². The molecule has 7 heteroatoms. The van der Waals surface area contributed by atoms with E-state index in [1.807, 2.05) is 0 Å². The molecule has 1 aromatic carbocycles. The van der Waals surface area contributed by atoms with Gasteiger partial charge in [0.2, 0.25) is 5.91 Å². The zero-order valence-electron chi connectivity index (χ0n) is 10.8. The summed E-state index contributed by atoms with van der Waals surface area (Å²) in [6.45, 7) is 0.208. The zero-order valence-corrected chi connectivity index (χ0v) is 12.4. The normalized spacial score (nSPS) is 15.1. The first-order valence-electron chi connectivity index (χ1n) is 6.03. The molecule has 2 amide bonds. The number of rotatable bonds is 3. The minimum absolute atomic E-state index is 0.114. The van der Waals surface area contributed by atoms with Gasteiger partial charge in [-0.15, -0.1) is 0 Å². The number of carbonyl (C=O) groups is 2. The Morgan fingerprint density at radius 1 is 1.50 bits per heavy atom. The Morgan fingerprint density at radius 3 is 2.90 bits per heavy atom. The van der Waals surface area contributed by atoms with Crippen LogP contribution in [-0.2, 0) is 16.1 Å². The van der Waals surface area contributed by atoms with Gasteiger partial charge in [-0.1, -0.05) is 6.07 Å². The predicted molar refractivity (Wildman–Crippen MR) is 75.4 cm³/mol. The highest BCUT2D eigenvalue weighted by Crippen LogP contribution is 2.16. The van der Waals surface area contributed by atoms with Crippen molar-refractivity contribution in [2.24, 2.45) is 5.10 Å². The van der Waals surface area contributed by atoms with Crippen LogP contribution in [-0.4, -0.2) is 29.6 Å². The largest absolute Gasteiger partial charge is 0.347 e. The molecule has 0 fully saturated rings. The molecule has 0 radical (unpaired) electrons. The smallest absolute Gasteiger partial charge is 0.267 e. The van der Waals surface area contributed by atoms with E-state index in [4.69, 9.17) is 0 Å². The number of nitrogens with one attached hydrogen (secondary N) is 1. The summed E-state index contributed by atoms with van der Waals surface area (Å²) in [5, 5.41) is 7.74. The van der Waals surface area contributed by atoms with E-state index < -0.39 is 0 Å². The maximum absolute atomic E-state index is 13.3. The average Bonchev–Trinajstić information content (AvgIpc) is 2.43. The third-order valence-corrected chi connectivity index (χ3v) is 3.55. The van der Waals surface area contributed by atoms with Gasteiger partial charge in [-0.2, -0.15) is 5.10 Å². The lowest BCUT2D eigenvalue weighted by Gasteiger charge is -2.18. The molecule has 1 aliphatic rings. The van der Waals surface area contributed by atoms with Crippen molar-refractivity contribution < 1.29 is 14.0 Å². The Kier molecular flexibility index (Phi) is 4.49. The van der Waals surface area contributed by atoms with Crippen LogP contribution in [0.2, 0.25) is 0 Å². The van der Waals surface area contributed by atoms with Crippen molar-refractivity contribution in [1.29, 1.82) is 0 Å². The van der Waals surface area contributed by atoms with Gasteiger partial charge in [0.25, 0.3) is 5.91 Å². The number of amides is 2. The molecule has 0 aromatic heterocycles. The van der Waals surface area contributed by atoms with E-state index in [0.717, 1.165) is 5.01 Å². The summed E-state index contributed by atoms with van der Waals surface area (Å²) in [6.07, 6.45) is 0.597. The van der Waals surface area contributed by atoms with Crippen LogP contribution < -0.4 is 5.32 Å². The summed E-state index contributed by atoms with van der Waals surface area (Å²) in [6, 6.07) is 4.65. The topological polar surface area (TPSA) is 61.8 Å². The molecule has 0 unspecified atom stereocenters. The molecule has 2 rings (SSSR count). The number of benzene rings is 1. The lowest BCUT2D eigenvalue weighted by molar-refractivity contribution is -0.130. The van der Waals surface area contributed by atoms with Crippen molar-refractivity contribution in [3.8, 4) is 0 Å². The van der Waals surface area contributed by atoms with E-state index in [9.17, 15) is 14.0 Å². The fourth-order valence-corrected chi connectivity index (χ4v) is 2.01. The van der Waals surface area contributed by atoms with Crippen LogP contribution in [0.5, 0.6) is 0 Å². The zero-order chi connectivity index (χ0) is 14.7. The minimum atomic E-state index is -0.378. The second kappa shape index (κ2) is 6.13. The molecule has 0 aliphatic carbocycles. The standard InChI is InChI=1S/C13H13BrFN3O2/c1-18-12(19)5-4-11(17-18)13(20)16-7-8-2-3-9(14)10(15)6-8/h2-3,6H,4-5,7H2,1H3,(H,16,20). The van der Waals surface area contributed by atoms with Gasteiger partial charge in [0.15, 0.2) is 0 Å². The third kappa shape index (κ3) is 3.41. The Balaban J connectivity index is 1.97. The minimum Gasteiger partial charge on any atom is -0.347 e. The van der Waals surface area contributed by atoms with Crippen LogP contribution in [0.1, 0.15) is 18.4 Å². The third-order valence-electron chi connectivity index (χ3n) is 2.91. The maximum atomic E-state index is 13.3. The van der Waals surface area contributed by atoms with Crippen molar-refractivity contribution in [2.75, 3.05) is 7.05 Å². The molecule has 0 atom stereocenters. The van der Waals surface area contributed by atoms with Gasteiger partial charge in [-0.3, -0.25) is 9.59 Å². The number of hydrogen-bond donors (Lipinski definition) is 1. The summed E-state index contributed by atoms with van der Waals surface area (Å²) in [4.78, 5) is 23.1. The Bertz CT molecular complexity index is 589. The summed E-state index contributed by atoms with van der Waals surface area (Å²) < 4.78 is 13.7. The van der Waals surface area contributed by atoms with Crippen LogP contribution in [0.15, 0.2) is 27.8 Å². The number of nitrogens with zero attached hydrogens (tertiary/aromatic N) is 2. The number of hydrogen-bond acceptors (Lipinski definition) is 3. The molecule has 20 heavy (non-hydrogen) atoms. The summed E-state index contributed by atoms with van der Waals surface area (Å²) in [7, 11) is 1.51. The van der Waals surface area contributed by atoms with Gasteiger partial charge in [-0.05, 0) is 33.6 Å². The van der Waals surface area contributed by atoms with Crippen LogP contribution in [0, 0.1) is 5.82 Å². The lowest BCUT2D eigenvalue weighted by atomic mass is 10.1. The van der Waals surface area contributed by atoms with Crippen LogP contribution in [0.4, 0.5) is 4.39 Å². The predicted octanol–water partition coefficient (Wildman–Crippen LogP) is 1.81. The van der Waals surface area contributed by atoms with Crippen molar-refractivity contribution in [1.82, 2.24) is 10.3 Å². The Morgan fingerprint density at radius 2 is 2.25 bits per heavy atom. The molecule has 1 heterocycles. The molecular weight excluding hydrogens is 329 g/mol. The monoisotopic (exact) mass is 341 g/mol. The average molecular weight is 342 g/mol. The molecule has 5 nitrogen and oxygen atoms in total. The van der Waals surface area contributed by atoms with Gasteiger partial charge in [0.05, 0.1) is 4.47 Å². The summed E-state index contributed by atoms with van der Waals surface area (Å²) in [5.74, 6) is -0.832. The molecule has 1 aliphatic heterocycles. The molecule has 1 N–H and O–H groups in total. The maximum Gasteiger partial charge on any atom is 0.267 e. The van der Waals surface area contributed by atoms with Crippen LogP contribution in [0.25, 0.3) is 0 Å². The van der Waals surface area contributed by atoms with Crippen molar-refractivity contribution in [2.45, 2.75) is 19.4 Å². The highest BCUT2D eigenvalue weighted by atomic mass is 79.9. The molecular formula is C13H13BrFN3O2.